The smallest absolute Gasteiger partial charge is 0.356 e. The van der Waals surface area contributed by atoms with Crippen molar-refractivity contribution in [2.24, 2.45) is 10.4 Å². The van der Waals surface area contributed by atoms with Gasteiger partial charge in [-0.05, 0) is 11.8 Å². The minimum Gasteiger partial charge on any atom is -0.356 e. The number of hydrogen-bond acceptors (Lipinski definition) is 3. The van der Waals surface area contributed by atoms with Crippen molar-refractivity contribution in [1.29, 1.82) is 0 Å². The fraction of sp³-hybridized carbons (Fsp3) is 0.692. The largest absolute Gasteiger partial charge is 0.434 e. The maximum absolute atomic E-state index is 12.4. The summed E-state index contributed by atoms with van der Waals surface area (Å²) < 4.78 is 37.3. The number of nitrogens with zero attached hydrogens (tertiary/aromatic N) is 2. The van der Waals surface area contributed by atoms with Gasteiger partial charge < -0.3 is 10.6 Å². The van der Waals surface area contributed by atoms with Crippen LogP contribution in [0.3, 0.4) is 0 Å². The summed E-state index contributed by atoms with van der Waals surface area (Å²) >= 11 is 1.03. The zero-order valence-electron chi connectivity index (χ0n) is 12.6. The molecule has 0 bridgehead atoms. The summed E-state index contributed by atoms with van der Waals surface area (Å²) in [5.74, 6) is 0.679. The Labute approximate surface area is 149 Å². The molecular weight excluding hydrogens is 428 g/mol. The fourth-order valence-corrected chi connectivity index (χ4v) is 2.72. The normalized spacial score (nSPS) is 20.3. The second-order valence-corrected chi connectivity index (χ2v) is 6.71. The molecule has 1 atom stereocenters. The number of hydrogen-bond donors (Lipinski definition) is 2. The van der Waals surface area contributed by atoms with Crippen LogP contribution in [0.2, 0.25) is 0 Å². The van der Waals surface area contributed by atoms with Crippen molar-refractivity contribution >= 4 is 41.3 Å². The topological polar surface area (TPSA) is 49.3 Å². The van der Waals surface area contributed by atoms with Gasteiger partial charge in [-0.3, -0.25) is 4.99 Å². The standard InChI is InChI=1S/C13H19F3N4S.HI/c1-12(2)6-8(12)20-11(17-3)18-5-4-10-19-9(7-21-10)13(14,15)16;/h7-8H,4-6H2,1-3H3,(H2,17,18,20);1H. The predicted molar refractivity (Wildman–Crippen MR) is 92.9 cm³/mol. The molecule has 1 aliphatic rings. The minimum absolute atomic E-state index is 0. The third-order valence-corrected chi connectivity index (χ3v) is 4.43. The van der Waals surface area contributed by atoms with Crippen molar-refractivity contribution in [3.05, 3.63) is 16.1 Å². The van der Waals surface area contributed by atoms with Crippen LogP contribution >= 0.6 is 35.3 Å². The molecule has 1 fully saturated rings. The predicted octanol–water partition coefficient (Wildman–Crippen LogP) is 3.29. The highest BCUT2D eigenvalue weighted by atomic mass is 127. The van der Waals surface area contributed by atoms with E-state index < -0.39 is 11.9 Å². The molecule has 0 saturated heterocycles. The lowest BCUT2D eigenvalue weighted by atomic mass is 10.2. The monoisotopic (exact) mass is 448 g/mol. The molecule has 1 aromatic rings. The Balaban J connectivity index is 0.00000242. The van der Waals surface area contributed by atoms with E-state index in [-0.39, 0.29) is 29.4 Å². The van der Waals surface area contributed by atoms with E-state index in [4.69, 9.17) is 0 Å². The summed E-state index contributed by atoms with van der Waals surface area (Å²) in [5.41, 5.74) is -0.529. The lowest BCUT2D eigenvalue weighted by Crippen LogP contribution is -2.40. The van der Waals surface area contributed by atoms with Gasteiger partial charge in [0.05, 0.1) is 5.01 Å². The first kappa shape index (κ1) is 19.5. The summed E-state index contributed by atoms with van der Waals surface area (Å²) in [6, 6.07) is 0.403. The number of nitrogens with one attached hydrogen (secondary N) is 2. The van der Waals surface area contributed by atoms with Gasteiger partial charge in [-0.15, -0.1) is 35.3 Å². The molecule has 1 aromatic heterocycles. The molecule has 1 saturated carbocycles. The van der Waals surface area contributed by atoms with Gasteiger partial charge in [-0.1, -0.05) is 13.8 Å². The summed E-state index contributed by atoms with van der Waals surface area (Å²) in [6.07, 6.45) is -2.83. The van der Waals surface area contributed by atoms with Crippen molar-refractivity contribution in [2.75, 3.05) is 13.6 Å². The molecule has 22 heavy (non-hydrogen) atoms. The Morgan fingerprint density at radius 2 is 2.14 bits per heavy atom. The molecule has 0 aromatic carbocycles. The SMILES string of the molecule is CN=C(NCCc1nc(C(F)(F)F)cs1)NC1CC1(C)C.I. The Hall–Kier alpha value is -0.580. The molecule has 126 valence electrons. The first-order chi connectivity index (χ1) is 9.72. The summed E-state index contributed by atoms with van der Waals surface area (Å²) in [5, 5.41) is 7.91. The number of aromatic nitrogens is 1. The average Bonchev–Trinajstić information content (AvgIpc) is 2.78. The molecular formula is C13H20F3IN4S. The maximum atomic E-state index is 12.4. The summed E-state index contributed by atoms with van der Waals surface area (Å²) in [4.78, 5) is 7.70. The Morgan fingerprint density at radius 3 is 2.59 bits per heavy atom. The van der Waals surface area contributed by atoms with Crippen LogP contribution in [0.25, 0.3) is 0 Å². The number of rotatable bonds is 4. The van der Waals surface area contributed by atoms with E-state index in [0.717, 1.165) is 23.1 Å². The molecule has 2 N–H and O–H groups in total. The molecule has 0 amide bonds. The van der Waals surface area contributed by atoms with Crippen molar-refractivity contribution in [3.63, 3.8) is 0 Å². The number of guanidine groups is 1. The first-order valence-corrected chi connectivity index (χ1v) is 7.59. The highest BCUT2D eigenvalue weighted by Gasteiger charge is 2.46. The van der Waals surface area contributed by atoms with Gasteiger partial charge in [-0.2, -0.15) is 13.2 Å². The van der Waals surface area contributed by atoms with E-state index in [2.05, 4.69) is 34.5 Å². The van der Waals surface area contributed by atoms with E-state index in [1.165, 1.54) is 0 Å². The van der Waals surface area contributed by atoms with Crippen LogP contribution < -0.4 is 10.6 Å². The van der Waals surface area contributed by atoms with E-state index in [9.17, 15) is 13.2 Å². The molecule has 0 radical (unpaired) electrons. The highest BCUT2D eigenvalue weighted by molar-refractivity contribution is 14.0. The Morgan fingerprint density at radius 1 is 1.50 bits per heavy atom. The van der Waals surface area contributed by atoms with Crippen LogP contribution in [-0.2, 0) is 12.6 Å². The summed E-state index contributed by atoms with van der Waals surface area (Å²) in [6.45, 7) is 4.84. The van der Waals surface area contributed by atoms with E-state index in [0.29, 0.717) is 30.0 Å². The van der Waals surface area contributed by atoms with Crippen LogP contribution in [0.4, 0.5) is 13.2 Å². The molecule has 1 aliphatic carbocycles. The van der Waals surface area contributed by atoms with Crippen LogP contribution in [-0.4, -0.2) is 30.6 Å². The molecule has 4 nitrogen and oxygen atoms in total. The number of aliphatic imine (C=N–C) groups is 1. The molecule has 9 heteroatoms. The van der Waals surface area contributed by atoms with Gasteiger partial charge in [0, 0.05) is 31.4 Å². The van der Waals surface area contributed by atoms with Gasteiger partial charge in [-0.25, -0.2) is 4.98 Å². The van der Waals surface area contributed by atoms with E-state index >= 15 is 0 Å². The quantitative estimate of drug-likeness (QED) is 0.423. The van der Waals surface area contributed by atoms with Crippen LogP contribution in [0.5, 0.6) is 0 Å². The van der Waals surface area contributed by atoms with Gasteiger partial charge in [0.1, 0.15) is 0 Å². The van der Waals surface area contributed by atoms with Crippen LogP contribution in [0.1, 0.15) is 31.0 Å². The third-order valence-electron chi connectivity index (χ3n) is 3.52. The van der Waals surface area contributed by atoms with Crippen LogP contribution in [0.15, 0.2) is 10.4 Å². The van der Waals surface area contributed by atoms with Gasteiger partial charge in [0.25, 0.3) is 0 Å². The molecule has 1 heterocycles. The number of thiazole rings is 1. The fourth-order valence-electron chi connectivity index (χ4n) is 1.92. The average molecular weight is 448 g/mol. The van der Waals surface area contributed by atoms with Gasteiger partial charge in [0.15, 0.2) is 11.7 Å². The minimum atomic E-state index is -4.36. The van der Waals surface area contributed by atoms with Crippen LogP contribution in [0, 0.1) is 5.41 Å². The van der Waals surface area contributed by atoms with E-state index in [1.807, 2.05) is 0 Å². The number of halogens is 4. The van der Waals surface area contributed by atoms with Crippen molar-refractivity contribution in [1.82, 2.24) is 15.6 Å². The zero-order valence-corrected chi connectivity index (χ0v) is 15.8. The first-order valence-electron chi connectivity index (χ1n) is 6.71. The van der Waals surface area contributed by atoms with Gasteiger partial charge in [0.2, 0.25) is 0 Å². The second kappa shape index (κ2) is 7.33. The second-order valence-electron chi connectivity index (χ2n) is 5.76. The van der Waals surface area contributed by atoms with Crippen molar-refractivity contribution < 1.29 is 13.2 Å². The van der Waals surface area contributed by atoms with Crippen molar-refractivity contribution in [3.8, 4) is 0 Å². The third kappa shape index (κ3) is 5.25. The van der Waals surface area contributed by atoms with Crippen molar-refractivity contribution in [2.45, 2.75) is 38.9 Å². The van der Waals surface area contributed by atoms with E-state index in [1.54, 1.807) is 7.05 Å². The zero-order chi connectivity index (χ0) is 15.7. The lowest BCUT2D eigenvalue weighted by molar-refractivity contribution is -0.140. The lowest BCUT2D eigenvalue weighted by Gasteiger charge is -2.12. The molecule has 2 rings (SSSR count). The maximum Gasteiger partial charge on any atom is 0.434 e. The Bertz CT molecular complexity index is 528. The molecule has 0 aliphatic heterocycles. The van der Waals surface area contributed by atoms with Gasteiger partial charge >= 0.3 is 6.18 Å². The summed E-state index contributed by atoms with van der Waals surface area (Å²) in [7, 11) is 1.68. The molecule has 1 unspecified atom stereocenters. The highest BCUT2D eigenvalue weighted by Crippen LogP contribution is 2.44. The molecule has 0 spiro atoms. The Kier molecular flexibility index (Phi) is 6.48. The number of alkyl halides is 3.